The molecule has 3 rings (SSSR count). The lowest BCUT2D eigenvalue weighted by molar-refractivity contribution is 0.282. The Morgan fingerprint density at radius 3 is 2.71 bits per heavy atom. The zero-order chi connectivity index (χ0) is 14.7. The molecule has 1 N–H and O–H groups in total. The lowest BCUT2D eigenvalue weighted by atomic mass is 10.2. The van der Waals surface area contributed by atoms with E-state index in [-0.39, 0.29) is 0 Å². The maximum absolute atomic E-state index is 5.62. The van der Waals surface area contributed by atoms with E-state index in [0.29, 0.717) is 0 Å². The van der Waals surface area contributed by atoms with Crippen LogP contribution >= 0.6 is 0 Å². The van der Waals surface area contributed by atoms with Gasteiger partial charge in [0.1, 0.15) is 11.5 Å². The first kappa shape index (κ1) is 14.3. The third-order valence-corrected chi connectivity index (χ3v) is 3.67. The Bertz CT molecular complexity index is 589. The van der Waals surface area contributed by atoms with Crippen molar-refractivity contribution >= 4 is 0 Å². The Balaban J connectivity index is 1.54. The Morgan fingerprint density at radius 2 is 2.00 bits per heavy atom. The maximum Gasteiger partial charge on any atom is 0.118 e. The lowest BCUT2D eigenvalue weighted by Gasteiger charge is -2.15. The number of pyridine rings is 1. The van der Waals surface area contributed by atoms with E-state index < -0.39 is 0 Å². The second kappa shape index (κ2) is 6.41. The molecule has 0 bridgehead atoms. The maximum atomic E-state index is 5.62. The van der Waals surface area contributed by atoms with Gasteiger partial charge in [0.15, 0.2) is 0 Å². The van der Waals surface area contributed by atoms with Crippen molar-refractivity contribution in [2.24, 2.45) is 0 Å². The van der Waals surface area contributed by atoms with E-state index in [2.05, 4.69) is 35.5 Å². The van der Waals surface area contributed by atoms with E-state index in [1.165, 1.54) is 12.8 Å². The minimum absolute atomic E-state index is 0.723. The van der Waals surface area contributed by atoms with E-state index in [9.17, 15) is 0 Å². The van der Waals surface area contributed by atoms with Gasteiger partial charge in [-0.05, 0) is 51.1 Å². The van der Waals surface area contributed by atoms with Gasteiger partial charge in [0.25, 0.3) is 0 Å². The number of nitrogens with one attached hydrogen (secondary N) is 1. The van der Waals surface area contributed by atoms with Crippen molar-refractivity contribution in [3.05, 3.63) is 53.2 Å². The summed E-state index contributed by atoms with van der Waals surface area (Å²) in [5, 5.41) is 3.50. The highest BCUT2D eigenvalue weighted by Gasteiger charge is 2.20. The van der Waals surface area contributed by atoms with Crippen LogP contribution in [0.25, 0.3) is 0 Å². The first-order valence-electron chi connectivity index (χ1n) is 7.61. The zero-order valence-corrected chi connectivity index (χ0v) is 12.8. The molecule has 1 saturated carbocycles. The molecule has 2 aromatic rings. The van der Waals surface area contributed by atoms with E-state index in [4.69, 9.17) is 9.40 Å². The molecule has 2 heterocycles. The van der Waals surface area contributed by atoms with Gasteiger partial charge in [0.2, 0.25) is 0 Å². The molecule has 0 atom stereocenters. The molecule has 1 aliphatic carbocycles. The summed E-state index contributed by atoms with van der Waals surface area (Å²) in [6.07, 6.45) is 2.62. The van der Waals surface area contributed by atoms with Gasteiger partial charge in [-0.15, -0.1) is 0 Å². The van der Waals surface area contributed by atoms with Gasteiger partial charge < -0.3 is 9.73 Å². The molecule has 1 fully saturated rings. The van der Waals surface area contributed by atoms with Crippen molar-refractivity contribution < 1.29 is 4.42 Å². The van der Waals surface area contributed by atoms with Gasteiger partial charge in [0, 0.05) is 19.1 Å². The van der Waals surface area contributed by atoms with Crippen LogP contribution < -0.4 is 5.32 Å². The van der Waals surface area contributed by atoms with Crippen LogP contribution in [0.5, 0.6) is 0 Å². The molecule has 1 aliphatic rings. The molecule has 0 radical (unpaired) electrons. The molecule has 4 heteroatoms. The molecule has 0 aromatic carbocycles. The normalized spacial score (nSPS) is 14.8. The second-order valence-corrected chi connectivity index (χ2v) is 5.96. The highest BCUT2D eigenvalue weighted by Crippen LogP contribution is 2.19. The average Bonchev–Trinajstić information content (AvgIpc) is 3.20. The van der Waals surface area contributed by atoms with Crippen LogP contribution in [-0.4, -0.2) is 23.0 Å². The summed E-state index contributed by atoms with van der Waals surface area (Å²) in [6, 6.07) is 11.0. The summed E-state index contributed by atoms with van der Waals surface area (Å²) >= 11 is 0. The van der Waals surface area contributed by atoms with Gasteiger partial charge in [-0.25, -0.2) is 0 Å². The molecule has 0 aliphatic heterocycles. The summed E-state index contributed by atoms with van der Waals surface area (Å²) in [5.74, 6) is 1.96. The average molecular weight is 285 g/mol. The molecular formula is C17H23N3O. The lowest BCUT2D eigenvalue weighted by Crippen LogP contribution is -2.19. The smallest absolute Gasteiger partial charge is 0.118 e. The van der Waals surface area contributed by atoms with Crippen molar-refractivity contribution in [1.29, 1.82) is 0 Å². The molecule has 0 saturated heterocycles. The molecular weight excluding hydrogens is 262 g/mol. The van der Waals surface area contributed by atoms with Crippen LogP contribution in [0.15, 0.2) is 34.7 Å². The molecule has 0 spiro atoms. The minimum Gasteiger partial charge on any atom is -0.465 e. The van der Waals surface area contributed by atoms with E-state index >= 15 is 0 Å². The molecule has 2 aromatic heterocycles. The predicted molar refractivity (Wildman–Crippen MR) is 82.7 cm³/mol. The van der Waals surface area contributed by atoms with Crippen LogP contribution in [-0.2, 0) is 19.6 Å². The SMILES string of the molecule is Cc1ccc(CN(C)Cc2cccc(CNC3CC3)n2)o1. The summed E-state index contributed by atoms with van der Waals surface area (Å²) in [7, 11) is 2.09. The van der Waals surface area contributed by atoms with Crippen LogP contribution in [0, 0.1) is 6.92 Å². The topological polar surface area (TPSA) is 41.3 Å². The third kappa shape index (κ3) is 4.41. The molecule has 0 unspecified atom stereocenters. The molecule has 21 heavy (non-hydrogen) atoms. The first-order chi connectivity index (χ1) is 10.2. The van der Waals surface area contributed by atoms with Crippen molar-refractivity contribution in [1.82, 2.24) is 15.2 Å². The summed E-state index contributed by atoms with van der Waals surface area (Å²) in [4.78, 5) is 6.95. The van der Waals surface area contributed by atoms with Gasteiger partial charge in [-0.1, -0.05) is 6.07 Å². The van der Waals surface area contributed by atoms with Crippen molar-refractivity contribution in [2.75, 3.05) is 7.05 Å². The minimum atomic E-state index is 0.723. The number of hydrogen-bond donors (Lipinski definition) is 1. The van der Waals surface area contributed by atoms with E-state index in [1.807, 2.05) is 19.1 Å². The molecule has 112 valence electrons. The third-order valence-electron chi connectivity index (χ3n) is 3.67. The number of rotatable bonds is 7. The number of nitrogens with zero attached hydrogens (tertiary/aromatic N) is 2. The van der Waals surface area contributed by atoms with E-state index in [1.54, 1.807) is 0 Å². The number of aromatic nitrogens is 1. The second-order valence-electron chi connectivity index (χ2n) is 5.96. The number of aryl methyl sites for hydroxylation is 1. The first-order valence-corrected chi connectivity index (χ1v) is 7.61. The van der Waals surface area contributed by atoms with Crippen molar-refractivity contribution in [3.8, 4) is 0 Å². The highest BCUT2D eigenvalue weighted by molar-refractivity contribution is 5.12. The summed E-state index contributed by atoms with van der Waals surface area (Å²) in [5.41, 5.74) is 2.23. The Hall–Kier alpha value is -1.65. The number of hydrogen-bond acceptors (Lipinski definition) is 4. The highest BCUT2D eigenvalue weighted by atomic mass is 16.3. The Morgan fingerprint density at radius 1 is 1.19 bits per heavy atom. The standard InChI is InChI=1S/C17H23N3O/c1-13-6-9-17(21-13)12-20(2)11-16-5-3-4-15(19-16)10-18-14-7-8-14/h3-6,9,14,18H,7-8,10-12H2,1-2H3. The van der Waals surface area contributed by atoms with E-state index in [0.717, 1.165) is 48.6 Å². The largest absolute Gasteiger partial charge is 0.465 e. The number of furan rings is 1. The van der Waals surface area contributed by atoms with Gasteiger partial charge in [-0.2, -0.15) is 0 Å². The van der Waals surface area contributed by atoms with Crippen LogP contribution in [0.2, 0.25) is 0 Å². The summed E-state index contributed by atoms with van der Waals surface area (Å²) in [6.45, 7) is 4.48. The van der Waals surface area contributed by atoms with Gasteiger partial charge in [0.05, 0.1) is 17.9 Å². The van der Waals surface area contributed by atoms with Crippen LogP contribution in [0.4, 0.5) is 0 Å². The van der Waals surface area contributed by atoms with Gasteiger partial charge >= 0.3 is 0 Å². The Kier molecular flexibility index (Phi) is 4.36. The predicted octanol–water partition coefficient (Wildman–Crippen LogP) is 2.87. The molecule has 4 nitrogen and oxygen atoms in total. The Labute approximate surface area is 126 Å². The fourth-order valence-corrected chi connectivity index (χ4v) is 2.42. The van der Waals surface area contributed by atoms with Crippen LogP contribution in [0.3, 0.4) is 0 Å². The fourth-order valence-electron chi connectivity index (χ4n) is 2.42. The van der Waals surface area contributed by atoms with Gasteiger partial charge in [-0.3, -0.25) is 9.88 Å². The monoisotopic (exact) mass is 285 g/mol. The molecule has 0 amide bonds. The fraction of sp³-hybridized carbons (Fsp3) is 0.471. The van der Waals surface area contributed by atoms with Crippen LogP contribution in [0.1, 0.15) is 35.7 Å². The van der Waals surface area contributed by atoms with Crippen molar-refractivity contribution in [3.63, 3.8) is 0 Å². The van der Waals surface area contributed by atoms with Crippen molar-refractivity contribution in [2.45, 2.75) is 45.4 Å². The summed E-state index contributed by atoms with van der Waals surface area (Å²) < 4.78 is 5.62. The quantitative estimate of drug-likeness (QED) is 0.849. The zero-order valence-electron chi connectivity index (χ0n) is 12.8.